The minimum Gasteiger partial charge on any atom is -0.206 e. The molecule has 0 amide bonds. The number of hydrogen-bond donors (Lipinski definition) is 0. The summed E-state index contributed by atoms with van der Waals surface area (Å²) in [4.78, 5) is 1.52. The highest BCUT2D eigenvalue weighted by Gasteiger charge is 2.14. The molecule has 120 valence electrons. The van der Waals surface area contributed by atoms with Gasteiger partial charge in [-0.1, -0.05) is 48.2 Å². The van der Waals surface area contributed by atoms with E-state index in [2.05, 4.69) is 39.1 Å². The van der Waals surface area contributed by atoms with Gasteiger partial charge in [0.05, 0.1) is 11.7 Å². The highest BCUT2D eigenvalue weighted by molar-refractivity contribution is 7.99. The molecule has 5 rings (SSSR count). The predicted octanol–water partition coefficient (Wildman–Crippen LogP) is 6.29. The van der Waals surface area contributed by atoms with Crippen LogP contribution in [0.2, 0.25) is 0 Å². The van der Waals surface area contributed by atoms with E-state index in [1.165, 1.54) is 40.3 Å². The summed E-state index contributed by atoms with van der Waals surface area (Å²) < 4.78 is 23.0. The normalized spacial score (nSPS) is 11.6. The van der Waals surface area contributed by atoms with Crippen molar-refractivity contribution < 1.29 is 4.39 Å². The van der Waals surface area contributed by atoms with E-state index in [-0.39, 0.29) is 5.82 Å². The summed E-state index contributed by atoms with van der Waals surface area (Å²) in [5, 5.41) is 4.54. The van der Waals surface area contributed by atoms with Gasteiger partial charge in [-0.3, -0.25) is 0 Å². The smallest absolute Gasteiger partial charge is 0.137 e. The molecule has 0 aliphatic rings. The number of fused-ring (bicyclic) bond motifs is 4. The van der Waals surface area contributed by atoms with Crippen LogP contribution in [0.4, 0.5) is 4.39 Å². The standard InChI is InChI=1S/C20H11FN2S2/c21-16-7-3-4-8-17(16)24-18-11-14-9-12-5-1-2-6-13(12)10-15(14)19-20(18)23-25-22-19/h1-11H. The third-order valence-electron chi connectivity index (χ3n) is 4.24. The van der Waals surface area contributed by atoms with Gasteiger partial charge < -0.3 is 0 Å². The first-order valence-electron chi connectivity index (χ1n) is 7.80. The molecule has 5 heteroatoms. The van der Waals surface area contributed by atoms with Crippen LogP contribution < -0.4 is 0 Å². The van der Waals surface area contributed by atoms with E-state index in [1.807, 2.05) is 18.2 Å². The first kappa shape index (κ1) is 14.8. The second-order valence-corrected chi connectivity index (χ2v) is 7.40. The first-order chi connectivity index (χ1) is 12.3. The molecule has 0 unspecified atom stereocenters. The molecule has 0 saturated carbocycles. The lowest BCUT2D eigenvalue weighted by Crippen LogP contribution is -1.85. The van der Waals surface area contributed by atoms with Gasteiger partial charge in [0, 0.05) is 15.2 Å². The summed E-state index contributed by atoms with van der Waals surface area (Å²) in [6.45, 7) is 0. The lowest BCUT2D eigenvalue weighted by Gasteiger charge is -2.08. The SMILES string of the molecule is Fc1ccccc1Sc1cc2cc3ccccc3cc2c2nsnc12. The second kappa shape index (κ2) is 5.79. The molecule has 0 radical (unpaired) electrons. The molecule has 1 heterocycles. The summed E-state index contributed by atoms with van der Waals surface area (Å²) in [5.41, 5.74) is 1.72. The van der Waals surface area contributed by atoms with Gasteiger partial charge in [0.1, 0.15) is 16.9 Å². The molecule has 0 bridgehead atoms. The van der Waals surface area contributed by atoms with Crippen LogP contribution in [0.1, 0.15) is 0 Å². The molecule has 2 nitrogen and oxygen atoms in total. The van der Waals surface area contributed by atoms with Gasteiger partial charge in [-0.05, 0) is 46.5 Å². The van der Waals surface area contributed by atoms with Crippen molar-refractivity contribution in [1.82, 2.24) is 8.75 Å². The molecule has 4 aromatic carbocycles. The van der Waals surface area contributed by atoms with Gasteiger partial charge in [0.2, 0.25) is 0 Å². The number of aromatic nitrogens is 2. The average Bonchev–Trinajstić information content (AvgIpc) is 3.13. The monoisotopic (exact) mass is 362 g/mol. The zero-order chi connectivity index (χ0) is 16.8. The van der Waals surface area contributed by atoms with Crippen LogP contribution in [0.25, 0.3) is 32.6 Å². The van der Waals surface area contributed by atoms with Crippen molar-refractivity contribution in [3.63, 3.8) is 0 Å². The third kappa shape index (κ3) is 2.47. The molecule has 0 aliphatic heterocycles. The van der Waals surface area contributed by atoms with Crippen LogP contribution in [0.3, 0.4) is 0 Å². The summed E-state index contributed by atoms with van der Waals surface area (Å²) in [7, 11) is 0. The van der Waals surface area contributed by atoms with Crippen molar-refractivity contribution in [1.29, 1.82) is 0 Å². The molecular weight excluding hydrogens is 351 g/mol. The van der Waals surface area contributed by atoms with Crippen LogP contribution in [0, 0.1) is 5.82 Å². The van der Waals surface area contributed by atoms with Crippen LogP contribution in [0.5, 0.6) is 0 Å². The average molecular weight is 362 g/mol. The lowest BCUT2D eigenvalue weighted by atomic mass is 10.0. The summed E-state index contributed by atoms with van der Waals surface area (Å²) >= 11 is 2.59. The number of halogens is 1. The predicted molar refractivity (Wildman–Crippen MR) is 103 cm³/mol. The zero-order valence-corrected chi connectivity index (χ0v) is 14.6. The summed E-state index contributed by atoms with van der Waals surface area (Å²) in [5.74, 6) is -0.220. The van der Waals surface area contributed by atoms with E-state index >= 15 is 0 Å². The third-order valence-corrected chi connectivity index (χ3v) is 5.85. The van der Waals surface area contributed by atoms with Crippen molar-refractivity contribution in [3.05, 3.63) is 72.5 Å². The second-order valence-electron chi connectivity index (χ2n) is 5.79. The Morgan fingerprint density at radius 1 is 0.720 bits per heavy atom. The van der Waals surface area contributed by atoms with E-state index < -0.39 is 0 Å². The summed E-state index contributed by atoms with van der Waals surface area (Å²) in [6.07, 6.45) is 0. The van der Waals surface area contributed by atoms with Crippen LogP contribution in [0.15, 0.2) is 76.5 Å². The molecule has 25 heavy (non-hydrogen) atoms. The first-order valence-corrected chi connectivity index (χ1v) is 9.34. The Morgan fingerprint density at radius 3 is 2.28 bits per heavy atom. The van der Waals surface area contributed by atoms with Crippen LogP contribution >= 0.6 is 23.5 Å². The van der Waals surface area contributed by atoms with Gasteiger partial charge in [0.25, 0.3) is 0 Å². The van der Waals surface area contributed by atoms with Gasteiger partial charge >= 0.3 is 0 Å². The fourth-order valence-electron chi connectivity index (χ4n) is 3.04. The fraction of sp³-hybridized carbons (Fsp3) is 0. The molecular formula is C20H11FN2S2. The molecule has 0 N–H and O–H groups in total. The van der Waals surface area contributed by atoms with Crippen molar-refractivity contribution in [2.75, 3.05) is 0 Å². The van der Waals surface area contributed by atoms with Gasteiger partial charge in [-0.25, -0.2) is 4.39 Å². The Balaban J connectivity index is 1.79. The quantitative estimate of drug-likeness (QED) is 0.345. The molecule has 1 aromatic heterocycles. The van der Waals surface area contributed by atoms with E-state index in [4.69, 9.17) is 0 Å². The van der Waals surface area contributed by atoms with Crippen molar-refractivity contribution in [2.45, 2.75) is 9.79 Å². The highest BCUT2D eigenvalue weighted by Crippen LogP contribution is 2.38. The molecule has 5 aromatic rings. The van der Waals surface area contributed by atoms with Gasteiger partial charge in [-0.15, -0.1) is 0 Å². The van der Waals surface area contributed by atoms with Crippen LogP contribution in [-0.4, -0.2) is 8.75 Å². The lowest BCUT2D eigenvalue weighted by molar-refractivity contribution is 0.602. The maximum absolute atomic E-state index is 14.1. The number of hydrogen-bond acceptors (Lipinski definition) is 4. The Morgan fingerprint density at radius 2 is 1.44 bits per heavy atom. The van der Waals surface area contributed by atoms with Crippen molar-refractivity contribution in [3.8, 4) is 0 Å². The van der Waals surface area contributed by atoms with Crippen LogP contribution in [-0.2, 0) is 0 Å². The molecule has 0 atom stereocenters. The minimum absolute atomic E-state index is 0.220. The van der Waals surface area contributed by atoms with E-state index in [0.717, 1.165) is 26.7 Å². The maximum atomic E-state index is 14.1. The number of benzene rings is 4. The van der Waals surface area contributed by atoms with Crippen molar-refractivity contribution in [2.24, 2.45) is 0 Å². The van der Waals surface area contributed by atoms with Crippen molar-refractivity contribution >= 4 is 56.1 Å². The largest absolute Gasteiger partial charge is 0.206 e. The fourth-order valence-corrected chi connectivity index (χ4v) is 4.65. The van der Waals surface area contributed by atoms with E-state index in [1.54, 1.807) is 12.1 Å². The Kier molecular flexibility index (Phi) is 3.43. The minimum atomic E-state index is -0.220. The van der Waals surface area contributed by atoms with E-state index in [0.29, 0.717) is 4.90 Å². The number of nitrogens with zero attached hydrogens (tertiary/aromatic N) is 2. The van der Waals surface area contributed by atoms with E-state index in [9.17, 15) is 4.39 Å². The topological polar surface area (TPSA) is 25.8 Å². The molecule has 0 fully saturated rings. The summed E-state index contributed by atoms with van der Waals surface area (Å²) in [6, 6.07) is 21.5. The zero-order valence-electron chi connectivity index (χ0n) is 12.9. The Labute approximate surface area is 151 Å². The van der Waals surface area contributed by atoms with Gasteiger partial charge in [-0.2, -0.15) is 8.75 Å². The highest BCUT2D eigenvalue weighted by atomic mass is 32.2. The number of rotatable bonds is 2. The Hall–Kier alpha value is -2.50. The maximum Gasteiger partial charge on any atom is 0.137 e. The molecule has 0 saturated heterocycles. The molecule has 0 spiro atoms. The van der Waals surface area contributed by atoms with Gasteiger partial charge in [0.15, 0.2) is 0 Å². The Bertz CT molecular complexity index is 1250. The molecule has 0 aliphatic carbocycles.